The molecule has 2 amide bonds. The molecule has 0 spiro atoms. The number of ether oxygens (including phenoxy) is 1. The summed E-state index contributed by atoms with van der Waals surface area (Å²) < 4.78 is 5.45. The van der Waals surface area contributed by atoms with Crippen molar-refractivity contribution in [2.75, 3.05) is 13.1 Å². The molecule has 2 fully saturated rings. The molecule has 2 saturated heterocycles. The van der Waals surface area contributed by atoms with Crippen molar-refractivity contribution in [1.29, 1.82) is 5.26 Å². The highest BCUT2D eigenvalue weighted by Crippen LogP contribution is 2.29. The number of amides is 2. The van der Waals surface area contributed by atoms with E-state index in [9.17, 15) is 14.9 Å². The van der Waals surface area contributed by atoms with Gasteiger partial charge >= 0.3 is 6.09 Å². The van der Waals surface area contributed by atoms with Crippen LogP contribution in [0.4, 0.5) is 4.79 Å². The van der Waals surface area contributed by atoms with E-state index in [2.05, 4.69) is 6.07 Å². The van der Waals surface area contributed by atoms with Gasteiger partial charge in [-0.15, -0.1) is 0 Å². The quantitative estimate of drug-likeness (QED) is 0.824. The van der Waals surface area contributed by atoms with Crippen LogP contribution in [0.2, 0.25) is 0 Å². The lowest BCUT2D eigenvalue weighted by Crippen LogP contribution is -2.53. The van der Waals surface area contributed by atoms with Gasteiger partial charge in [-0.05, 0) is 46.5 Å². The number of carbonyl (C=O) groups is 2. The molecule has 0 saturated carbocycles. The van der Waals surface area contributed by atoms with Crippen molar-refractivity contribution >= 4 is 12.0 Å². The van der Waals surface area contributed by atoms with Crippen LogP contribution in [-0.2, 0) is 9.53 Å². The predicted octanol–water partition coefficient (Wildman–Crippen LogP) is 1.23. The minimum Gasteiger partial charge on any atom is -0.444 e. The van der Waals surface area contributed by atoms with Crippen LogP contribution in [0.15, 0.2) is 0 Å². The molecule has 0 radical (unpaired) electrons. The Hall–Kier alpha value is -1.81. The molecule has 2 aliphatic heterocycles. The van der Waals surface area contributed by atoms with Crippen LogP contribution in [0, 0.1) is 11.3 Å². The van der Waals surface area contributed by atoms with E-state index >= 15 is 0 Å². The highest BCUT2D eigenvalue weighted by molar-refractivity contribution is 5.87. The first kappa shape index (κ1) is 17.5. The van der Waals surface area contributed by atoms with E-state index < -0.39 is 17.7 Å². The molecule has 0 unspecified atom stereocenters. The Bertz CT molecular complexity index is 508. The molecule has 0 aromatic carbocycles. The molecule has 0 bridgehead atoms. The van der Waals surface area contributed by atoms with E-state index in [4.69, 9.17) is 10.5 Å². The van der Waals surface area contributed by atoms with Crippen molar-refractivity contribution in [2.24, 2.45) is 5.73 Å². The summed E-state index contributed by atoms with van der Waals surface area (Å²) in [5.74, 6) is -0.157. The van der Waals surface area contributed by atoms with E-state index in [1.807, 2.05) is 0 Å². The van der Waals surface area contributed by atoms with Gasteiger partial charge in [-0.2, -0.15) is 5.26 Å². The number of nitrogens with two attached hydrogens (primary N) is 1. The number of rotatable bonds is 2. The van der Waals surface area contributed by atoms with Crippen molar-refractivity contribution in [1.82, 2.24) is 9.80 Å². The molecule has 2 rings (SSSR count). The van der Waals surface area contributed by atoms with Gasteiger partial charge in [0.25, 0.3) is 0 Å². The smallest absolute Gasteiger partial charge is 0.411 e. The average molecular weight is 322 g/mol. The minimum atomic E-state index is -0.630. The summed E-state index contributed by atoms with van der Waals surface area (Å²) in [6.07, 6.45) is 2.26. The largest absolute Gasteiger partial charge is 0.444 e. The summed E-state index contributed by atoms with van der Waals surface area (Å²) in [5, 5.41) is 9.19. The maximum absolute atomic E-state index is 12.8. The van der Waals surface area contributed by atoms with E-state index in [1.54, 1.807) is 25.7 Å². The van der Waals surface area contributed by atoms with Crippen LogP contribution in [-0.4, -0.2) is 58.6 Å². The van der Waals surface area contributed by atoms with Crippen molar-refractivity contribution < 1.29 is 14.3 Å². The summed E-state index contributed by atoms with van der Waals surface area (Å²) in [6, 6.07) is 1.01. The Morgan fingerprint density at radius 1 is 1.30 bits per heavy atom. The molecule has 7 heteroatoms. The van der Waals surface area contributed by atoms with E-state index in [-0.39, 0.29) is 18.0 Å². The van der Waals surface area contributed by atoms with Crippen molar-refractivity contribution in [3.63, 3.8) is 0 Å². The number of nitrogens with zero attached hydrogens (tertiary/aromatic N) is 3. The Morgan fingerprint density at radius 3 is 2.57 bits per heavy atom. The summed E-state index contributed by atoms with van der Waals surface area (Å²) in [7, 11) is 0. The fourth-order valence-corrected chi connectivity index (χ4v) is 3.30. The maximum Gasteiger partial charge on any atom is 0.411 e. The molecule has 2 heterocycles. The zero-order chi connectivity index (χ0) is 17.2. The van der Waals surface area contributed by atoms with Gasteiger partial charge in [-0.25, -0.2) is 4.79 Å². The van der Waals surface area contributed by atoms with Gasteiger partial charge in [0.05, 0.1) is 6.07 Å². The molecule has 3 atom stereocenters. The summed E-state index contributed by atoms with van der Waals surface area (Å²) >= 11 is 0. The van der Waals surface area contributed by atoms with Crippen LogP contribution in [0.5, 0.6) is 0 Å². The van der Waals surface area contributed by atoms with Gasteiger partial charge in [0, 0.05) is 19.1 Å². The third kappa shape index (κ3) is 3.75. The topological polar surface area (TPSA) is 99.7 Å². The Balaban J connectivity index is 2.17. The third-order valence-electron chi connectivity index (χ3n) is 4.35. The van der Waals surface area contributed by atoms with Crippen LogP contribution < -0.4 is 5.73 Å². The Kier molecular flexibility index (Phi) is 5.15. The van der Waals surface area contributed by atoms with E-state index in [0.29, 0.717) is 32.4 Å². The van der Waals surface area contributed by atoms with Gasteiger partial charge in [0.1, 0.15) is 17.7 Å². The van der Waals surface area contributed by atoms with Crippen molar-refractivity contribution in [2.45, 2.75) is 70.2 Å². The number of carbonyl (C=O) groups excluding carboxylic acids is 2. The number of hydrogen-bond acceptors (Lipinski definition) is 5. The highest BCUT2D eigenvalue weighted by atomic mass is 16.6. The molecular weight excluding hydrogens is 296 g/mol. The van der Waals surface area contributed by atoms with Crippen molar-refractivity contribution in [3.8, 4) is 6.07 Å². The molecule has 0 aliphatic carbocycles. The summed E-state index contributed by atoms with van der Waals surface area (Å²) in [6.45, 7) is 6.25. The molecule has 2 aliphatic rings. The van der Waals surface area contributed by atoms with E-state index in [1.165, 1.54) is 4.90 Å². The second-order valence-electron chi connectivity index (χ2n) is 7.19. The fraction of sp³-hybridized carbons (Fsp3) is 0.812. The van der Waals surface area contributed by atoms with Crippen LogP contribution in [0.25, 0.3) is 0 Å². The summed E-state index contributed by atoms with van der Waals surface area (Å²) in [4.78, 5) is 28.5. The SMILES string of the molecule is CC(C)(C)OC(=O)N1[C@@H](CN)CC[C@H]1C(=O)N1CCC[C@H]1C#N. The van der Waals surface area contributed by atoms with Crippen LogP contribution >= 0.6 is 0 Å². The number of hydrogen-bond donors (Lipinski definition) is 1. The van der Waals surface area contributed by atoms with Gasteiger partial charge in [-0.1, -0.05) is 0 Å². The van der Waals surface area contributed by atoms with Gasteiger partial charge in [-0.3, -0.25) is 9.69 Å². The predicted molar refractivity (Wildman–Crippen MR) is 84.3 cm³/mol. The fourth-order valence-electron chi connectivity index (χ4n) is 3.30. The first-order valence-corrected chi connectivity index (χ1v) is 8.20. The lowest BCUT2D eigenvalue weighted by Gasteiger charge is -2.33. The second-order valence-corrected chi connectivity index (χ2v) is 7.19. The Morgan fingerprint density at radius 2 is 2.00 bits per heavy atom. The monoisotopic (exact) mass is 322 g/mol. The van der Waals surface area contributed by atoms with Crippen LogP contribution in [0.3, 0.4) is 0 Å². The lowest BCUT2D eigenvalue weighted by molar-refractivity contribution is -0.136. The van der Waals surface area contributed by atoms with E-state index in [0.717, 1.165) is 6.42 Å². The summed E-state index contributed by atoms with van der Waals surface area (Å²) in [5.41, 5.74) is 5.14. The minimum absolute atomic E-state index is 0.157. The molecule has 0 aromatic rings. The zero-order valence-electron chi connectivity index (χ0n) is 14.1. The molecule has 2 N–H and O–H groups in total. The normalized spacial score (nSPS) is 27.9. The van der Waals surface area contributed by atoms with Crippen molar-refractivity contribution in [3.05, 3.63) is 0 Å². The highest BCUT2D eigenvalue weighted by Gasteiger charge is 2.45. The first-order valence-electron chi connectivity index (χ1n) is 8.20. The third-order valence-corrected chi connectivity index (χ3v) is 4.35. The Labute approximate surface area is 137 Å². The molecule has 128 valence electrons. The lowest BCUT2D eigenvalue weighted by atomic mass is 10.1. The van der Waals surface area contributed by atoms with Crippen LogP contribution in [0.1, 0.15) is 46.5 Å². The van der Waals surface area contributed by atoms with Gasteiger partial charge in [0.2, 0.25) is 5.91 Å². The molecule has 23 heavy (non-hydrogen) atoms. The van der Waals surface area contributed by atoms with Gasteiger partial charge in [0.15, 0.2) is 0 Å². The average Bonchev–Trinajstić information content (AvgIpc) is 3.10. The molecular formula is C16H26N4O3. The number of likely N-dealkylation sites (tertiary alicyclic amines) is 2. The first-order chi connectivity index (χ1) is 10.8. The maximum atomic E-state index is 12.8. The number of nitriles is 1. The second kappa shape index (κ2) is 6.75. The molecule has 0 aromatic heterocycles. The molecule has 7 nitrogen and oxygen atoms in total. The zero-order valence-corrected chi connectivity index (χ0v) is 14.1. The van der Waals surface area contributed by atoms with Gasteiger partial charge < -0.3 is 15.4 Å². The standard InChI is InChI=1S/C16H26N4O3/c1-16(2,3)23-15(22)20-12(10-18)6-7-13(20)14(21)19-8-4-5-11(19)9-17/h11-13H,4-8,10,18H2,1-3H3/t11-,12+,13-/m0/s1.